The molecule has 2 rings (SSSR count). The topological polar surface area (TPSA) is 62.4 Å². The van der Waals surface area contributed by atoms with Crippen LogP contribution >= 0.6 is 22.9 Å². The molecule has 102 valence electrons. The molecule has 0 saturated carbocycles. The van der Waals surface area contributed by atoms with Crippen LogP contribution in [0.2, 0.25) is 5.02 Å². The van der Waals surface area contributed by atoms with Gasteiger partial charge in [0.25, 0.3) is 0 Å². The molecule has 0 aliphatic carbocycles. The second kappa shape index (κ2) is 6.34. The van der Waals surface area contributed by atoms with Crippen LogP contribution < -0.4 is 5.73 Å². The molecule has 0 radical (unpaired) electrons. The maximum Gasteiger partial charge on any atom is 0.180 e. The van der Waals surface area contributed by atoms with Gasteiger partial charge in [-0.05, 0) is 18.7 Å². The van der Waals surface area contributed by atoms with Gasteiger partial charge in [-0.25, -0.2) is 4.98 Å². The van der Waals surface area contributed by atoms with E-state index in [2.05, 4.69) is 4.98 Å². The number of nitrogens with two attached hydrogens (primary N) is 1. The molecule has 6 heteroatoms. The average molecular weight is 298 g/mol. The average Bonchev–Trinajstić information content (AvgIpc) is 2.79. The summed E-state index contributed by atoms with van der Waals surface area (Å²) in [7, 11) is 1.94. The highest BCUT2D eigenvalue weighted by atomic mass is 35.5. The van der Waals surface area contributed by atoms with Gasteiger partial charge in [-0.1, -0.05) is 29.8 Å². The van der Waals surface area contributed by atoms with Crippen molar-refractivity contribution in [3.63, 3.8) is 0 Å². The Bertz CT molecular complexity index is 546. The van der Waals surface area contributed by atoms with Gasteiger partial charge in [-0.2, -0.15) is 0 Å². The molecule has 0 bridgehead atoms. The van der Waals surface area contributed by atoms with E-state index in [1.165, 1.54) is 11.3 Å². The summed E-state index contributed by atoms with van der Waals surface area (Å²) >= 11 is 7.72. The molecule has 1 unspecified atom stereocenters. The summed E-state index contributed by atoms with van der Waals surface area (Å²) in [6.45, 7) is 0.638. The number of benzene rings is 1. The number of halogens is 1. The fourth-order valence-corrected chi connectivity index (χ4v) is 3.13. The first-order chi connectivity index (χ1) is 9.13. The Hall–Kier alpha value is -1.14. The lowest BCUT2D eigenvalue weighted by atomic mass is 10.0. The van der Waals surface area contributed by atoms with E-state index in [1.807, 2.05) is 36.2 Å². The minimum absolute atomic E-state index is 0.0457. The summed E-state index contributed by atoms with van der Waals surface area (Å²) in [5.41, 5.74) is 6.70. The number of hydrogen-bond acceptors (Lipinski definition) is 5. The number of aliphatic hydroxyl groups excluding tert-OH is 1. The Labute approximate surface area is 121 Å². The number of aromatic nitrogens is 1. The Morgan fingerprint density at radius 3 is 2.79 bits per heavy atom. The Balaban J connectivity index is 2.43. The smallest absolute Gasteiger partial charge is 0.180 e. The molecule has 1 aromatic heterocycles. The predicted molar refractivity (Wildman–Crippen MR) is 79.5 cm³/mol. The van der Waals surface area contributed by atoms with Crippen molar-refractivity contribution in [3.05, 3.63) is 45.9 Å². The number of nitrogen functional groups attached to an aromatic ring is 1. The van der Waals surface area contributed by atoms with E-state index in [4.69, 9.17) is 22.4 Å². The molecule has 1 aromatic carbocycles. The lowest BCUT2D eigenvalue weighted by Crippen LogP contribution is -2.28. The summed E-state index contributed by atoms with van der Waals surface area (Å²) in [5.74, 6) is 0. The molecular formula is C13H16ClN3OS. The molecule has 1 heterocycles. The Kier molecular flexibility index (Phi) is 4.76. The monoisotopic (exact) mass is 297 g/mol. The van der Waals surface area contributed by atoms with Crippen LogP contribution in [0.5, 0.6) is 0 Å². The molecule has 0 aliphatic rings. The molecule has 0 aliphatic heterocycles. The summed E-state index contributed by atoms with van der Waals surface area (Å²) < 4.78 is 0. The summed E-state index contributed by atoms with van der Waals surface area (Å²) in [4.78, 5) is 7.15. The Morgan fingerprint density at radius 1 is 1.47 bits per heavy atom. The first kappa shape index (κ1) is 14.3. The van der Waals surface area contributed by atoms with Crippen molar-refractivity contribution >= 4 is 28.1 Å². The zero-order valence-corrected chi connectivity index (χ0v) is 12.2. The highest BCUT2D eigenvalue weighted by molar-refractivity contribution is 7.15. The third-order valence-electron chi connectivity index (χ3n) is 2.90. The van der Waals surface area contributed by atoms with E-state index in [-0.39, 0.29) is 12.6 Å². The molecule has 0 spiro atoms. The number of anilines is 1. The van der Waals surface area contributed by atoms with E-state index in [0.717, 1.165) is 10.4 Å². The normalized spacial score (nSPS) is 12.8. The van der Waals surface area contributed by atoms with Crippen LogP contribution in [0.3, 0.4) is 0 Å². The largest absolute Gasteiger partial charge is 0.395 e. The highest BCUT2D eigenvalue weighted by Gasteiger charge is 2.23. The molecule has 0 amide bonds. The van der Waals surface area contributed by atoms with Crippen molar-refractivity contribution < 1.29 is 5.11 Å². The van der Waals surface area contributed by atoms with Gasteiger partial charge in [0.2, 0.25) is 0 Å². The van der Waals surface area contributed by atoms with Crippen molar-refractivity contribution in [1.82, 2.24) is 9.88 Å². The SMILES string of the molecule is CN(CCO)C(c1cnc(N)s1)c1ccccc1Cl. The van der Waals surface area contributed by atoms with Gasteiger partial charge in [0.1, 0.15) is 0 Å². The molecule has 3 N–H and O–H groups in total. The predicted octanol–water partition coefficient (Wildman–Crippen LogP) is 2.39. The van der Waals surface area contributed by atoms with Crippen molar-refractivity contribution in [2.45, 2.75) is 6.04 Å². The number of aliphatic hydroxyl groups is 1. The van der Waals surface area contributed by atoms with Crippen molar-refractivity contribution in [3.8, 4) is 0 Å². The maximum absolute atomic E-state index is 9.14. The van der Waals surface area contributed by atoms with E-state index < -0.39 is 0 Å². The zero-order chi connectivity index (χ0) is 13.8. The third kappa shape index (κ3) is 3.25. The fourth-order valence-electron chi connectivity index (χ4n) is 2.02. The summed E-state index contributed by atoms with van der Waals surface area (Å²) in [6, 6.07) is 7.65. The van der Waals surface area contributed by atoms with Crippen LogP contribution in [0.15, 0.2) is 30.5 Å². The summed E-state index contributed by atoms with van der Waals surface area (Å²) in [5, 5.41) is 10.4. The number of hydrogen-bond donors (Lipinski definition) is 2. The van der Waals surface area contributed by atoms with E-state index in [9.17, 15) is 0 Å². The van der Waals surface area contributed by atoms with Crippen molar-refractivity contribution in [2.24, 2.45) is 0 Å². The van der Waals surface area contributed by atoms with Crippen LogP contribution in [-0.2, 0) is 0 Å². The second-order valence-electron chi connectivity index (χ2n) is 4.23. The lowest BCUT2D eigenvalue weighted by molar-refractivity contribution is 0.198. The molecular weight excluding hydrogens is 282 g/mol. The van der Waals surface area contributed by atoms with Crippen LogP contribution in [0.25, 0.3) is 0 Å². The number of nitrogens with zero attached hydrogens (tertiary/aromatic N) is 2. The quantitative estimate of drug-likeness (QED) is 0.889. The van der Waals surface area contributed by atoms with Crippen molar-refractivity contribution in [2.75, 3.05) is 25.9 Å². The van der Waals surface area contributed by atoms with Crippen LogP contribution in [0.4, 0.5) is 5.13 Å². The summed E-state index contributed by atoms with van der Waals surface area (Å²) in [6.07, 6.45) is 1.77. The standard InChI is InChI=1S/C13H16ClN3OS/c1-17(6-7-18)12(11-8-16-13(15)19-11)9-4-2-3-5-10(9)14/h2-5,8,12,18H,6-7H2,1H3,(H2,15,16). The molecule has 1 atom stereocenters. The number of thiazole rings is 1. The second-order valence-corrected chi connectivity index (χ2v) is 5.73. The van der Waals surface area contributed by atoms with Gasteiger partial charge in [0.15, 0.2) is 5.13 Å². The van der Waals surface area contributed by atoms with Gasteiger partial charge in [-0.3, -0.25) is 4.90 Å². The van der Waals surface area contributed by atoms with E-state index >= 15 is 0 Å². The molecule has 0 fully saturated rings. The Morgan fingerprint density at radius 2 is 2.21 bits per heavy atom. The molecule has 0 saturated heterocycles. The van der Waals surface area contributed by atoms with Gasteiger partial charge < -0.3 is 10.8 Å². The minimum Gasteiger partial charge on any atom is -0.395 e. The van der Waals surface area contributed by atoms with Gasteiger partial charge in [0, 0.05) is 22.6 Å². The van der Waals surface area contributed by atoms with Crippen LogP contribution in [0.1, 0.15) is 16.5 Å². The number of likely N-dealkylation sites (N-methyl/N-ethyl adjacent to an activating group) is 1. The van der Waals surface area contributed by atoms with Crippen molar-refractivity contribution in [1.29, 1.82) is 0 Å². The molecule has 4 nitrogen and oxygen atoms in total. The lowest BCUT2D eigenvalue weighted by Gasteiger charge is -2.27. The first-order valence-corrected chi connectivity index (χ1v) is 7.09. The van der Waals surface area contributed by atoms with E-state index in [1.54, 1.807) is 6.20 Å². The van der Waals surface area contributed by atoms with Crippen LogP contribution in [-0.4, -0.2) is 35.2 Å². The maximum atomic E-state index is 9.14. The minimum atomic E-state index is -0.0457. The zero-order valence-electron chi connectivity index (χ0n) is 10.6. The highest BCUT2D eigenvalue weighted by Crippen LogP contribution is 2.35. The molecule has 19 heavy (non-hydrogen) atoms. The third-order valence-corrected chi connectivity index (χ3v) is 4.13. The van der Waals surface area contributed by atoms with E-state index in [0.29, 0.717) is 16.7 Å². The van der Waals surface area contributed by atoms with Gasteiger partial charge in [0.05, 0.1) is 12.6 Å². The number of rotatable bonds is 5. The first-order valence-electron chi connectivity index (χ1n) is 5.90. The van der Waals surface area contributed by atoms with Gasteiger partial charge >= 0.3 is 0 Å². The van der Waals surface area contributed by atoms with Crippen LogP contribution in [0, 0.1) is 0 Å². The molecule has 2 aromatic rings. The fraction of sp³-hybridized carbons (Fsp3) is 0.308. The van der Waals surface area contributed by atoms with Gasteiger partial charge in [-0.15, -0.1) is 11.3 Å².